The summed E-state index contributed by atoms with van der Waals surface area (Å²) in [5, 5.41) is 14.8. The van der Waals surface area contributed by atoms with Gasteiger partial charge in [0.15, 0.2) is 5.82 Å². The largest absolute Gasteiger partial charge is 0.318 e. The molecule has 13 heavy (non-hydrogen) atoms. The van der Waals surface area contributed by atoms with Crippen LogP contribution >= 0.6 is 0 Å². The monoisotopic (exact) mass is 185 g/mol. The summed E-state index contributed by atoms with van der Waals surface area (Å²) in [7, 11) is 1.90. The normalized spacial score (nSPS) is 9.23. The molecular formula is C8H19N5. The molecule has 76 valence electrons. The molecule has 0 bridgehead atoms. The molecule has 0 aliphatic heterocycles. The third-order valence-electron chi connectivity index (χ3n) is 1.37. The van der Waals surface area contributed by atoms with Gasteiger partial charge in [0.05, 0.1) is 6.54 Å². The summed E-state index contributed by atoms with van der Waals surface area (Å²) in [5.74, 6) is 0.807. The first-order chi connectivity index (χ1) is 6.36. The van der Waals surface area contributed by atoms with Crippen molar-refractivity contribution in [3.05, 3.63) is 5.82 Å². The molecule has 0 aliphatic rings. The van der Waals surface area contributed by atoms with E-state index in [1.165, 1.54) is 0 Å². The van der Waals surface area contributed by atoms with E-state index in [0.29, 0.717) is 0 Å². The molecule has 0 aromatic carbocycles. The van der Waals surface area contributed by atoms with Gasteiger partial charge in [0.2, 0.25) is 0 Å². The summed E-state index contributed by atoms with van der Waals surface area (Å²) in [6.07, 6.45) is 0.847. The van der Waals surface area contributed by atoms with Crippen LogP contribution in [0.25, 0.3) is 0 Å². The highest BCUT2D eigenvalue weighted by molar-refractivity contribution is 4.73. The first kappa shape index (κ1) is 12.0. The third-order valence-corrected chi connectivity index (χ3v) is 1.37. The van der Waals surface area contributed by atoms with Crippen LogP contribution < -0.4 is 5.32 Å². The van der Waals surface area contributed by atoms with E-state index in [4.69, 9.17) is 0 Å². The van der Waals surface area contributed by atoms with Crippen molar-refractivity contribution in [3.8, 4) is 0 Å². The Kier molecular flexibility index (Phi) is 7.10. The van der Waals surface area contributed by atoms with Gasteiger partial charge >= 0.3 is 0 Å². The maximum atomic E-state index is 4.12. The molecule has 0 saturated carbocycles. The highest BCUT2D eigenvalue weighted by atomic mass is 15.6. The van der Waals surface area contributed by atoms with Gasteiger partial charge in [-0.3, -0.25) is 0 Å². The predicted octanol–water partition coefficient (Wildman–Crippen LogP) is 0.481. The van der Waals surface area contributed by atoms with Crippen molar-refractivity contribution < 1.29 is 0 Å². The standard InChI is InChI=1S/C6H13N5.C2H6/c1-3-6-8-10-11(9-6)5-4-7-2;1-2/h7H,3-5H2,1-2H3;1-2H3. The molecule has 0 unspecified atom stereocenters. The second-order valence-electron chi connectivity index (χ2n) is 2.26. The van der Waals surface area contributed by atoms with E-state index in [1.807, 2.05) is 27.8 Å². The molecule has 1 heterocycles. The zero-order valence-corrected chi connectivity index (χ0v) is 8.91. The average Bonchev–Trinajstić information content (AvgIpc) is 2.65. The van der Waals surface area contributed by atoms with Gasteiger partial charge in [-0.15, -0.1) is 10.2 Å². The van der Waals surface area contributed by atoms with Crippen molar-refractivity contribution >= 4 is 0 Å². The van der Waals surface area contributed by atoms with Gasteiger partial charge in [-0.25, -0.2) is 0 Å². The Labute approximate surface area is 79.5 Å². The molecular weight excluding hydrogens is 166 g/mol. The average molecular weight is 185 g/mol. The van der Waals surface area contributed by atoms with Gasteiger partial charge in [-0.1, -0.05) is 20.8 Å². The van der Waals surface area contributed by atoms with Gasteiger partial charge in [0.1, 0.15) is 0 Å². The molecule has 1 aromatic rings. The van der Waals surface area contributed by atoms with Crippen LogP contribution in [0.2, 0.25) is 0 Å². The summed E-state index contributed by atoms with van der Waals surface area (Å²) in [4.78, 5) is 1.61. The number of hydrogen-bond donors (Lipinski definition) is 1. The Hall–Kier alpha value is -0.970. The highest BCUT2D eigenvalue weighted by Gasteiger charge is 1.97. The summed E-state index contributed by atoms with van der Waals surface area (Å²) >= 11 is 0. The molecule has 5 nitrogen and oxygen atoms in total. The number of rotatable bonds is 4. The maximum Gasteiger partial charge on any atom is 0.174 e. The van der Waals surface area contributed by atoms with E-state index >= 15 is 0 Å². The molecule has 0 fully saturated rings. The first-order valence-corrected chi connectivity index (χ1v) is 4.78. The Balaban J connectivity index is 0.000000671. The second-order valence-corrected chi connectivity index (χ2v) is 2.26. The predicted molar refractivity (Wildman–Crippen MR) is 52.5 cm³/mol. The lowest BCUT2D eigenvalue weighted by molar-refractivity contribution is 0.506. The van der Waals surface area contributed by atoms with Crippen LogP contribution in [0.3, 0.4) is 0 Å². The zero-order valence-electron chi connectivity index (χ0n) is 8.91. The lowest BCUT2D eigenvalue weighted by Gasteiger charge is -1.94. The Morgan fingerprint density at radius 1 is 1.38 bits per heavy atom. The van der Waals surface area contributed by atoms with Crippen molar-refractivity contribution in [2.45, 2.75) is 33.7 Å². The lowest BCUT2D eigenvalue weighted by atomic mass is 10.5. The quantitative estimate of drug-likeness (QED) is 0.741. The molecule has 5 heteroatoms. The van der Waals surface area contributed by atoms with E-state index < -0.39 is 0 Å². The molecule has 0 amide bonds. The molecule has 1 rings (SSSR count). The van der Waals surface area contributed by atoms with E-state index in [0.717, 1.165) is 25.3 Å². The third kappa shape index (κ3) is 4.57. The fraction of sp³-hybridized carbons (Fsp3) is 0.875. The molecule has 0 spiro atoms. The van der Waals surface area contributed by atoms with Gasteiger partial charge in [-0.05, 0) is 12.3 Å². The number of hydrogen-bond acceptors (Lipinski definition) is 4. The highest BCUT2D eigenvalue weighted by Crippen LogP contribution is 1.85. The number of aromatic nitrogens is 4. The summed E-state index contributed by atoms with van der Waals surface area (Å²) in [6, 6.07) is 0. The van der Waals surface area contributed by atoms with Gasteiger partial charge in [0.25, 0.3) is 0 Å². The minimum atomic E-state index is 0.781. The molecule has 0 radical (unpaired) electrons. The van der Waals surface area contributed by atoms with Crippen LogP contribution in [0.4, 0.5) is 0 Å². The Bertz CT molecular complexity index is 208. The summed E-state index contributed by atoms with van der Waals surface area (Å²) in [6.45, 7) is 7.67. The van der Waals surface area contributed by atoms with Crippen molar-refractivity contribution in [2.75, 3.05) is 13.6 Å². The minimum absolute atomic E-state index is 0.781. The van der Waals surface area contributed by atoms with E-state index in [-0.39, 0.29) is 0 Å². The van der Waals surface area contributed by atoms with Crippen LogP contribution in [-0.4, -0.2) is 33.8 Å². The molecule has 0 aliphatic carbocycles. The van der Waals surface area contributed by atoms with Crippen LogP contribution in [-0.2, 0) is 13.0 Å². The van der Waals surface area contributed by atoms with Crippen molar-refractivity contribution in [3.63, 3.8) is 0 Å². The number of nitrogens with zero attached hydrogens (tertiary/aromatic N) is 4. The van der Waals surface area contributed by atoms with Crippen LogP contribution in [0.1, 0.15) is 26.6 Å². The summed E-state index contributed by atoms with van der Waals surface area (Å²) < 4.78 is 0. The number of aryl methyl sites for hydroxylation is 1. The lowest BCUT2D eigenvalue weighted by Crippen LogP contribution is -2.16. The van der Waals surface area contributed by atoms with E-state index in [1.54, 1.807) is 4.80 Å². The molecule has 0 atom stereocenters. The summed E-state index contributed by atoms with van der Waals surface area (Å²) in [5.41, 5.74) is 0. The molecule has 1 N–H and O–H groups in total. The topological polar surface area (TPSA) is 55.6 Å². The van der Waals surface area contributed by atoms with Crippen molar-refractivity contribution in [1.29, 1.82) is 0 Å². The number of nitrogens with one attached hydrogen (secondary N) is 1. The molecule has 1 aromatic heterocycles. The number of tetrazole rings is 1. The molecule has 0 saturated heterocycles. The fourth-order valence-electron chi connectivity index (χ4n) is 0.724. The minimum Gasteiger partial charge on any atom is -0.318 e. The Morgan fingerprint density at radius 2 is 2.08 bits per heavy atom. The van der Waals surface area contributed by atoms with Gasteiger partial charge in [-0.2, -0.15) is 4.80 Å². The van der Waals surface area contributed by atoms with Crippen molar-refractivity contribution in [2.24, 2.45) is 0 Å². The smallest absolute Gasteiger partial charge is 0.174 e. The Morgan fingerprint density at radius 3 is 2.54 bits per heavy atom. The second kappa shape index (κ2) is 7.67. The van der Waals surface area contributed by atoms with E-state index in [9.17, 15) is 0 Å². The van der Waals surface area contributed by atoms with E-state index in [2.05, 4.69) is 20.7 Å². The van der Waals surface area contributed by atoms with Crippen molar-refractivity contribution in [1.82, 2.24) is 25.5 Å². The van der Waals surface area contributed by atoms with Gasteiger partial charge < -0.3 is 5.32 Å². The van der Waals surface area contributed by atoms with Crippen LogP contribution in [0.15, 0.2) is 0 Å². The number of likely N-dealkylation sites (N-methyl/N-ethyl adjacent to an activating group) is 1. The zero-order chi connectivity index (χ0) is 10.1. The van der Waals surface area contributed by atoms with Crippen LogP contribution in [0, 0.1) is 0 Å². The van der Waals surface area contributed by atoms with Gasteiger partial charge in [0, 0.05) is 13.0 Å². The SMILES string of the molecule is CC.CCc1nnn(CCNC)n1. The first-order valence-electron chi connectivity index (χ1n) is 4.78. The van der Waals surface area contributed by atoms with Crippen LogP contribution in [0.5, 0.6) is 0 Å². The fourth-order valence-corrected chi connectivity index (χ4v) is 0.724. The maximum absolute atomic E-state index is 4.12.